The number of ether oxygens (including phenoxy) is 1. The van der Waals surface area contributed by atoms with Gasteiger partial charge in [-0.05, 0) is 34.2 Å². The molecule has 1 aliphatic rings. The van der Waals surface area contributed by atoms with Gasteiger partial charge in [0.05, 0.1) is 12.5 Å². The molecule has 1 aliphatic heterocycles. The summed E-state index contributed by atoms with van der Waals surface area (Å²) in [6.45, 7) is 6.89. The Labute approximate surface area is 199 Å². The number of carbonyl (C=O) groups is 3. The third-order valence-corrected chi connectivity index (χ3v) is 5.88. The van der Waals surface area contributed by atoms with Crippen molar-refractivity contribution in [3.8, 4) is 0 Å². The first-order valence-electron chi connectivity index (χ1n) is 10.8. The minimum absolute atomic E-state index is 0.108. The van der Waals surface area contributed by atoms with Crippen LogP contribution in [0.3, 0.4) is 0 Å². The van der Waals surface area contributed by atoms with Crippen molar-refractivity contribution in [1.82, 2.24) is 10.6 Å². The molecule has 176 valence electrons. The van der Waals surface area contributed by atoms with Crippen LogP contribution in [0.2, 0.25) is 5.02 Å². The molecule has 1 fully saturated rings. The van der Waals surface area contributed by atoms with Crippen LogP contribution in [-0.2, 0) is 31.1 Å². The molecule has 0 aromatic heterocycles. The number of halogens is 1. The monoisotopic (exact) mass is 471 g/mol. The van der Waals surface area contributed by atoms with E-state index in [9.17, 15) is 14.4 Å². The quantitative estimate of drug-likeness (QED) is 0.573. The molecule has 8 heteroatoms. The zero-order chi connectivity index (χ0) is 24.2. The average Bonchev–Trinajstić information content (AvgIpc) is 3.18. The summed E-state index contributed by atoms with van der Waals surface area (Å²) in [6.07, 6.45) is 0.108. The Morgan fingerprint density at radius 2 is 1.88 bits per heavy atom. The molecule has 1 heterocycles. The number of amides is 3. The van der Waals surface area contributed by atoms with Gasteiger partial charge in [-0.1, -0.05) is 62.7 Å². The summed E-state index contributed by atoms with van der Waals surface area (Å²) in [5.74, 6) is -1.44. The van der Waals surface area contributed by atoms with E-state index in [2.05, 4.69) is 36.7 Å². The predicted molar refractivity (Wildman–Crippen MR) is 128 cm³/mol. The Bertz CT molecular complexity index is 1030. The first-order valence-corrected chi connectivity index (χ1v) is 11.2. The first-order chi connectivity index (χ1) is 15.6. The lowest BCUT2D eigenvalue weighted by atomic mass is 9.87. The molecule has 0 saturated carbocycles. The van der Waals surface area contributed by atoms with Gasteiger partial charge in [0.25, 0.3) is 5.91 Å². The lowest BCUT2D eigenvalue weighted by molar-refractivity contribution is -0.129. The molecule has 0 spiro atoms. The fourth-order valence-electron chi connectivity index (χ4n) is 3.74. The van der Waals surface area contributed by atoms with Crippen LogP contribution in [0.15, 0.2) is 42.5 Å². The highest BCUT2D eigenvalue weighted by Gasteiger charge is 2.32. The molecule has 33 heavy (non-hydrogen) atoms. The van der Waals surface area contributed by atoms with Gasteiger partial charge in [0.1, 0.15) is 6.04 Å². The molecule has 2 aromatic carbocycles. The van der Waals surface area contributed by atoms with Gasteiger partial charge in [-0.3, -0.25) is 14.4 Å². The molecular weight excluding hydrogens is 442 g/mol. The van der Waals surface area contributed by atoms with E-state index in [1.54, 1.807) is 31.4 Å². The molecule has 3 rings (SSSR count). The van der Waals surface area contributed by atoms with E-state index in [4.69, 9.17) is 16.3 Å². The highest BCUT2D eigenvalue weighted by Crippen LogP contribution is 2.31. The highest BCUT2D eigenvalue weighted by molar-refractivity contribution is 6.31. The van der Waals surface area contributed by atoms with Crippen molar-refractivity contribution in [2.75, 3.05) is 19.0 Å². The van der Waals surface area contributed by atoms with Crippen molar-refractivity contribution < 1.29 is 19.1 Å². The topological polar surface area (TPSA) is 96.5 Å². The Kier molecular flexibility index (Phi) is 7.76. The maximum atomic E-state index is 13.3. The maximum Gasteiger partial charge on any atom is 0.251 e. The summed E-state index contributed by atoms with van der Waals surface area (Å²) in [6, 6.07) is 11.7. The van der Waals surface area contributed by atoms with E-state index in [-0.39, 0.29) is 30.2 Å². The summed E-state index contributed by atoms with van der Waals surface area (Å²) >= 11 is 6.45. The lowest BCUT2D eigenvalue weighted by Crippen LogP contribution is -2.40. The number of hydrogen-bond donors (Lipinski definition) is 3. The summed E-state index contributed by atoms with van der Waals surface area (Å²) in [5, 5.41) is 8.87. The fourth-order valence-corrected chi connectivity index (χ4v) is 4.20. The standard InChI is InChI=1S/C25H30ClN3O4/c1-25(2,3)19-10-9-18(12-20(19)26)28-24(32)22(16-7-5-15(6-8-16)14-33-4)29-23(31)17-11-21(30)27-13-17/h5-10,12,17,22H,11,13-14H2,1-4H3,(H,27,30)(H,28,32)(H,29,31)/t17-,22?/m0/s1. The van der Waals surface area contributed by atoms with E-state index < -0.39 is 17.9 Å². The van der Waals surface area contributed by atoms with Crippen molar-refractivity contribution >= 4 is 35.0 Å². The third-order valence-electron chi connectivity index (χ3n) is 5.57. The van der Waals surface area contributed by atoms with Crippen LogP contribution in [0, 0.1) is 5.92 Å². The first kappa shape index (κ1) is 24.7. The average molecular weight is 472 g/mol. The van der Waals surface area contributed by atoms with Gasteiger partial charge in [-0.15, -0.1) is 0 Å². The molecule has 0 bridgehead atoms. The molecular formula is C25H30ClN3O4. The zero-order valence-corrected chi connectivity index (χ0v) is 20.1. The molecule has 0 aliphatic carbocycles. The number of rotatable bonds is 7. The molecule has 1 saturated heterocycles. The van der Waals surface area contributed by atoms with Crippen LogP contribution < -0.4 is 16.0 Å². The second-order valence-corrected chi connectivity index (χ2v) is 9.66. The number of anilines is 1. The zero-order valence-electron chi connectivity index (χ0n) is 19.3. The number of nitrogens with one attached hydrogen (secondary N) is 3. The number of benzene rings is 2. The van der Waals surface area contributed by atoms with Crippen LogP contribution in [0.25, 0.3) is 0 Å². The minimum Gasteiger partial charge on any atom is -0.380 e. The molecule has 3 amide bonds. The van der Waals surface area contributed by atoms with Crippen LogP contribution >= 0.6 is 11.6 Å². The summed E-state index contributed by atoms with van der Waals surface area (Å²) in [7, 11) is 1.61. The van der Waals surface area contributed by atoms with Gasteiger partial charge in [0.15, 0.2) is 0 Å². The summed E-state index contributed by atoms with van der Waals surface area (Å²) in [5.41, 5.74) is 2.94. The van der Waals surface area contributed by atoms with E-state index in [0.717, 1.165) is 11.1 Å². The second kappa shape index (κ2) is 10.4. The van der Waals surface area contributed by atoms with Crippen molar-refractivity contribution in [1.29, 1.82) is 0 Å². The summed E-state index contributed by atoms with van der Waals surface area (Å²) < 4.78 is 5.14. The fraction of sp³-hybridized carbons (Fsp3) is 0.400. The van der Waals surface area contributed by atoms with Gasteiger partial charge >= 0.3 is 0 Å². The number of methoxy groups -OCH3 is 1. The Balaban J connectivity index is 1.83. The normalized spacial score (nSPS) is 16.8. The van der Waals surface area contributed by atoms with Crippen LogP contribution in [-0.4, -0.2) is 31.4 Å². The Hall–Kier alpha value is -2.90. The van der Waals surface area contributed by atoms with Crippen molar-refractivity contribution in [2.24, 2.45) is 5.92 Å². The van der Waals surface area contributed by atoms with Crippen LogP contribution in [0.4, 0.5) is 5.69 Å². The molecule has 1 unspecified atom stereocenters. The van der Waals surface area contributed by atoms with Crippen molar-refractivity contribution in [3.63, 3.8) is 0 Å². The van der Waals surface area contributed by atoms with Gasteiger partial charge in [0, 0.05) is 30.8 Å². The van der Waals surface area contributed by atoms with Gasteiger partial charge in [-0.2, -0.15) is 0 Å². The smallest absolute Gasteiger partial charge is 0.251 e. The molecule has 2 atom stereocenters. The SMILES string of the molecule is COCc1ccc(C(NC(=O)[C@@H]2CNC(=O)C2)C(=O)Nc2ccc(C(C)(C)C)c(Cl)c2)cc1. The lowest BCUT2D eigenvalue weighted by Gasteiger charge is -2.23. The Morgan fingerprint density at radius 3 is 2.42 bits per heavy atom. The molecule has 3 N–H and O–H groups in total. The predicted octanol–water partition coefficient (Wildman–Crippen LogP) is 3.72. The van der Waals surface area contributed by atoms with E-state index in [1.165, 1.54) is 0 Å². The molecule has 7 nitrogen and oxygen atoms in total. The second-order valence-electron chi connectivity index (χ2n) is 9.26. The molecule has 0 radical (unpaired) electrons. The highest BCUT2D eigenvalue weighted by atomic mass is 35.5. The number of carbonyl (C=O) groups excluding carboxylic acids is 3. The molecule has 2 aromatic rings. The summed E-state index contributed by atoms with van der Waals surface area (Å²) in [4.78, 5) is 37.6. The van der Waals surface area contributed by atoms with E-state index >= 15 is 0 Å². The van der Waals surface area contributed by atoms with Crippen molar-refractivity contribution in [2.45, 2.75) is 45.3 Å². The van der Waals surface area contributed by atoms with E-state index in [0.29, 0.717) is 22.9 Å². The van der Waals surface area contributed by atoms with Crippen LogP contribution in [0.1, 0.15) is 49.9 Å². The van der Waals surface area contributed by atoms with Gasteiger partial charge < -0.3 is 20.7 Å². The van der Waals surface area contributed by atoms with Gasteiger partial charge in [-0.25, -0.2) is 0 Å². The Morgan fingerprint density at radius 1 is 1.18 bits per heavy atom. The minimum atomic E-state index is -0.939. The maximum absolute atomic E-state index is 13.3. The third kappa shape index (κ3) is 6.33. The van der Waals surface area contributed by atoms with Crippen molar-refractivity contribution in [3.05, 3.63) is 64.2 Å². The van der Waals surface area contributed by atoms with Crippen LogP contribution in [0.5, 0.6) is 0 Å². The largest absolute Gasteiger partial charge is 0.380 e. The number of hydrogen-bond acceptors (Lipinski definition) is 4. The van der Waals surface area contributed by atoms with Gasteiger partial charge in [0.2, 0.25) is 11.8 Å². The van der Waals surface area contributed by atoms with E-state index in [1.807, 2.05) is 18.2 Å².